The standard InChI is InChI=1S/C10H11N3O3S/c1-7-10(6-11-12-7)17(15,16)13-8-4-2-3-5-9(8)14/h2-6,13-14H,1H3,(H,11,12). The summed E-state index contributed by atoms with van der Waals surface area (Å²) in [6.07, 6.45) is 1.22. The average Bonchev–Trinajstić information content (AvgIpc) is 2.68. The summed E-state index contributed by atoms with van der Waals surface area (Å²) in [4.78, 5) is 0.0563. The highest BCUT2D eigenvalue weighted by atomic mass is 32.2. The number of H-pyrrole nitrogens is 1. The van der Waals surface area contributed by atoms with Gasteiger partial charge in [0.2, 0.25) is 0 Å². The Hall–Kier alpha value is -2.02. The lowest BCUT2D eigenvalue weighted by Crippen LogP contribution is -2.13. The van der Waals surface area contributed by atoms with Crippen LogP contribution in [-0.2, 0) is 10.0 Å². The third kappa shape index (κ3) is 2.23. The van der Waals surface area contributed by atoms with Crippen molar-refractivity contribution in [3.8, 4) is 5.75 Å². The number of hydrogen-bond acceptors (Lipinski definition) is 4. The number of para-hydroxylation sites is 2. The Morgan fingerprint density at radius 3 is 2.65 bits per heavy atom. The Kier molecular flexibility index (Phi) is 2.76. The second-order valence-electron chi connectivity index (χ2n) is 3.48. The van der Waals surface area contributed by atoms with E-state index < -0.39 is 10.0 Å². The maximum Gasteiger partial charge on any atom is 0.265 e. The van der Waals surface area contributed by atoms with Gasteiger partial charge in [-0.1, -0.05) is 12.1 Å². The quantitative estimate of drug-likeness (QED) is 0.717. The number of benzene rings is 1. The second kappa shape index (κ2) is 4.10. The molecule has 0 aliphatic heterocycles. The molecule has 1 aromatic heterocycles. The summed E-state index contributed by atoms with van der Waals surface area (Å²) in [5.74, 6) is -0.128. The highest BCUT2D eigenvalue weighted by Gasteiger charge is 2.19. The highest BCUT2D eigenvalue weighted by Crippen LogP contribution is 2.25. The van der Waals surface area contributed by atoms with Gasteiger partial charge in [0.25, 0.3) is 10.0 Å². The molecule has 0 saturated heterocycles. The number of phenolic OH excluding ortho intramolecular Hbond substituents is 1. The molecule has 0 saturated carbocycles. The fourth-order valence-electron chi connectivity index (χ4n) is 1.37. The van der Waals surface area contributed by atoms with E-state index in [1.807, 2.05) is 0 Å². The number of anilines is 1. The molecule has 0 aliphatic rings. The Morgan fingerprint density at radius 1 is 1.35 bits per heavy atom. The number of phenols is 1. The van der Waals surface area contributed by atoms with E-state index in [4.69, 9.17) is 0 Å². The first-order chi connectivity index (χ1) is 8.00. The van der Waals surface area contributed by atoms with Crippen LogP contribution in [0.4, 0.5) is 5.69 Å². The molecule has 1 aromatic carbocycles. The maximum atomic E-state index is 12.0. The zero-order valence-electron chi connectivity index (χ0n) is 9.01. The molecule has 0 spiro atoms. The summed E-state index contributed by atoms with van der Waals surface area (Å²) in [6, 6.07) is 6.11. The van der Waals surface area contributed by atoms with Gasteiger partial charge in [0.05, 0.1) is 17.6 Å². The van der Waals surface area contributed by atoms with Crippen molar-refractivity contribution in [2.24, 2.45) is 0 Å². The van der Waals surface area contributed by atoms with E-state index in [-0.39, 0.29) is 16.3 Å². The van der Waals surface area contributed by atoms with Gasteiger partial charge in [-0.3, -0.25) is 9.82 Å². The molecule has 0 amide bonds. The third-order valence-corrected chi connectivity index (χ3v) is 3.70. The van der Waals surface area contributed by atoms with Gasteiger partial charge in [0.1, 0.15) is 10.6 Å². The maximum absolute atomic E-state index is 12.0. The molecular weight excluding hydrogens is 242 g/mol. The van der Waals surface area contributed by atoms with Gasteiger partial charge in [-0.05, 0) is 19.1 Å². The molecule has 0 bridgehead atoms. The van der Waals surface area contributed by atoms with E-state index in [0.29, 0.717) is 5.69 Å². The molecule has 0 atom stereocenters. The Bertz CT molecular complexity index is 634. The number of hydrogen-bond donors (Lipinski definition) is 3. The fraction of sp³-hybridized carbons (Fsp3) is 0.100. The molecule has 0 aliphatic carbocycles. The van der Waals surface area contributed by atoms with Gasteiger partial charge in [-0.25, -0.2) is 8.42 Å². The summed E-state index contributed by atoms with van der Waals surface area (Å²) in [6.45, 7) is 1.60. The second-order valence-corrected chi connectivity index (χ2v) is 5.13. The summed E-state index contributed by atoms with van der Waals surface area (Å²) < 4.78 is 26.2. The van der Waals surface area contributed by atoms with E-state index >= 15 is 0 Å². The van der Waals surface area contributed by atoms with Gasteiger partial charge in [0.15, 0.2) is 0 Å². The van der Waals surface area contributed by atoms with Crippen LogP contribution in [-0.4, -0.2) is 23.7 Å². The lowest BCUT2D eigenvalue weighted by Gasteiger charge is -2.08. The Balaban J connectivity index is 2.37. The zero-order chi connectivity index (χ0) is 12.5. The molecule has 0 unspecified atom stereocenters. The molecular formula is C10H11N3O3S. The van der Waals surface area contributed by atoms with Crippen LogP contribution in [0.25, 0.3) is 0 Å². The third-order valence-electron chi connectivity index (χ3n) is 2.22. The van der Waals surface area contributed by atoms with E-state index in [1.165, 1.54) is 18.3 Å². The van der Waals surface area contributed by atoms with Gasteiger partial charge in [-0.15, -0.1) is 0 Å². The normalized spacial score (nSPS) is 11.4. The van der Waals surface area contributed by atoms with Crippen LogP contribution in [0.1, 0.15) is 5.69 Å². The molecule has 3 N–H and O–H groups in total. The number of aryl methyl sites for hydroxylation is 1. The molecule has 2 rings (SSSR count). The Morgan fingerprint density at radius 2 is 2.06 bits per heavy atom. The molecule has 17 heavy (non-hydrogen) atoms. The number of sulfonamides is 1. The molecule has 0 radical (unpaired) electrons. The molecule has 2 aromatic rings. The number of aromatic amines is 1. The number of rotatable bonds is 3. The monoisotopic (exact) mass is 253 g/mol. The average molecular weight is 253 g/mol. The minimum Gasteiger partial charge on any atom is -0.506 e. The molecule has 6 nitrogen and oxygen atoms in total. The van der Waals surface area contributed by atoms with E-state index in [9.17, 15) is 13.5 Å². The van der Waals surface area contributed by atoms with Crippen molar-refractivity contribution >= 4 is 15.7 Å². The van der Waals surface area contributed by atoms with Crippen LogP contribution >= 0.6 is 0 Å². The van der Waals surface area contributed by atoms with E-state index in [1.54, 1.807) is 19.1 Å². The van der Waals surface area contributed by atoms with Crippen LogP contribution in [0.5, 0.6) is 5.75 Å². The fourth-order valence-corrected chi connectivity index (χ4v) is 2.58. The van der Waals surface area contributed by atoms with Gasteiger partial charge < -0.3 is 5.11 Å². The van der Waals surface area contributed by atoms with Gasteiger partial charge in [0, 0.05) is 0 Å². The Labute approximate surface area is 98.4 Å². The minimum absolute atomic E-state index is 0.0563. The van der Waals surface area contributed by atoms with Crippen LogP contribution in [0.2, 0.25) is 0 Å². The molecule has 1 heterocycles. The van der Waals surface area contributed by atoms with Gasteiger partial charge in [-0.2, -0.15) is 5.10 Å². The largest absolute Gasteiger partial charge is 0.506 e. The summed E-state index contributed by atoms with van der Waals surface area (Å²) in [5.41, 5.74) is 0.570. The van der Waals surface area contributed by atoms with Crippen molar-refractivity contribution in [1.82, 2.24) is 10.2 Å². The SMILES string of the molecule is Cc1[nH]ncc1S(=O)(=O)Nc1ccccc1O. The van der Waals surface area contributed by atoms with Crippen LogP contribution < -0.4 is 4.72 Å². The smallest absolute Gasteiger partial charge is 0.265 e. The van der Waals surface area contributed by atoms with E-state index in [2.05, 4.69) is 14.9 Å². The molecule has 7 heteroatoms. The summed E-state index contributed by atoms with van der Waals surface area (Å²) in [5, 5.41) is 15.7. The first kappa shape index (κ1) is 11.5. The zero-order valence-corrected chi connectivity index (χ0v) is 9.82. The van der Waals surface area contributed by atoms with Crippen molar-refractivity contribution in [2.75, 3.05) is 4.72 Å². The summed E-state index contributed by atoms with van der Waals surface area (Å²) in [7, 11) is -3.73. The number of nitrogens with zero attached hydrogens (tertiary/aromatic N) is 1. The van der Waals surface area contributed by atoms with Crippen molar-refractivity contribution in [2.45, 2.75) is 11.8 Å². The van der Waals surface area contributed by atoms with Crippen molar-refractivity contribution in [3.05, 3.63) is 36.2 Å². The number of aromatic hydroxyl groups is 1. The lowest BCUT2D eigenvalue weighted by atomic mass is 10.3. The number of nitrogens with one attached hydrogen (secondary N) is 2. The first-order valence-corrected chi connectivity index (χ1v) is 6.30. The van der Waals surface area contributed by atoms with Crippen molar-refractivity contribution in [3.63, 3.8) is 0 Å². The predicted molar refractivity (Wildman–Crippen MR) is 62.2 cm³/mol. The summed E-state index contributed by atoms with van der Waals surface area (Å²) >= 11 is 0. The van der Waals surface area contributed by atoms with Crippen molar-refractivity contribution < 1.29 is 13.5 Å². The first-order valence-electron chi connectivity index (χ1n) is 4.81. The number of aromatic nitrogens is 2. The predicted octanol–water partition coefficient (Wildman–Crippen LogP) is 1.22. The molecule has 0 fully saturated rings. The topological polar surface area (TPSA) is 95.1 Å². The molecule has 90 valence electrons. The minimum atomic E-state index is -3.73. The highest BCUT2D eigenvalue weighted by molar-refractivity contribution is 7.92. The van der Waals surface area contributed by atoms with Crippen LogP contribution in [0, 0.1) is 6.92 Å². The van der Waals surface area contributed by atoms with E-state index in [0.717, 1.165) is 0 Å². The van der Waals surface area contributed by atoms with Crippen LogP contribution in [0.15, 0.2) is 35.4 Å². The van der Waals surface area contributed by atoms with Crippen LogP contribution in [0.3, 0.4) is 0 Å². The van der Waals surface area contributed by atoms with Gasteiger partial charge >= 0.3 is 0 Å². The van der Waals surface area contributed by atoms with Crippen molar-refractivity contribution in [1.29, 1.82) is 0 Å². The lowest BCUT2D eigenvalue weighted by molar-refractivity contribution is 0.477.